The number of carbonyl (C=O) groups is 1. The Bertz CT molecular complexity index is 664. The van der Waals surface area contributed by atoms with E-state index in [9.17, 15) is 19.3 Å². The fourth-order valence-electron chi connectivity index (χ4n) is 2.18. The van der Waals surface area contributed by atoms with Crippen molar-refractivity contribution >= 4 is 5.78 Å². The number of hydrogen-bond acceptors (Lipinski definition) is 3. The molecule has 0 spiro atoms. The summed E-state index contributed by atoms with van der Waals surface area (Å²) in [6.45, 7) is 21.6. The van der Waals surface area contributed by atoms with Crippen LogP contribution >= 0.6 is 0 Å². The highest BCUT2D eigenvalue weighted by Crippen LogP contribution is 2.17. The van der Waals surface area contributed by atoms with Crippen LogP contribution in [0.2, 0.25) is 0 Å². The second-order valence-corrected chi connectivity index (χ2v) is 7.51. The Hall–Kier alpha value is -2.30. The van der Waals surface area contributed by atoms with Gasteiger partial charge in [-0.25, -0.2) is 4.39 Å². The molecule has 1 rings (SSSR count). The molecule has 0 aliphatic heterocycles. The van der Waals surface area contributed by atoms with Gasteiger partial charge in [0.2, 0.25) is 0 Å². The molecule has 1 unspecified atom stereocenters. The molecule has 0 aliphatic rings. The van der Waals surface area contributed by atoms with Crippen LogP contribution < -0.4 is 0 Å². The minimum absolute atomic E-state index is 0.0700. The highest BCUT2D eigenvalue weighted by molar-refractivity contribution is 5.98. The van der Waals surface area contributed by atoms with E-state index in [4.69, 9.17) is 0 Å². The number of Topliss-reactive ketones (excluding diaryl/α,β-unsaturated/α-hetero) is 1. The van der Waals surface area contributed by atoms with Gasteiger partial charge in [-0.1, -0.05) is 78.7 Å². The summed E-state index contributed by atoms with van der Waals surface area (Å²) in [5, 5.41) is 10.7. The maximum absolute atomic E-state index is 12.1. The fraction of sp³-hybridized carbons (Fsp3) is 0.577. The number of nitro groups is 1. The van der Waals surface area contributed by atoms with Crippen LogP contribution in [0.4, 0.5) is 4.39 Å². The second kappa shape index (κ2) is 19.7. The molecule has 178 valence electrons. The van der Waals surface area contributed by atoms with Gasteiger partial charge in [-0.15, -0.1) is 0 Å². The van der Waals surface area contributed by atoms with Gasteiger partial charge in [0.1, 0.15) is 5.82 Å². The molecule has 5 heteroatoms. The van der Waals surface area contributed by atoms with Crippen LogP contribution in [-0.2, 0) is 4.79 Å². The Morgan fingerprint density at radius 2 is 1.55 bits per heavy atom. The van der Waals surface area contributed by atoms with Crippen molar-refractivity contribution in [3.63, 3.8) is 0 Å². The molecular formula is C26H44FNO3. The Morgan fingerprint density at radius 1 is 1.10 bits per heavy atom. The molecule has 0 fully saturated rings. The lowest BCUT2D eigenvalue weighted by molar-refractivity contribution is -0.421. The number of benzene rings is 1. The van der Waals surface area contributed by atoms with Crippen molar-refractivity contribution < 1.29 is 14.1 Å². The van der Waals surface area contributed by atoms with E-state index in [2.05, 4.69) is 27.7 Å². The molecule has 0 N–H and O–H groups in total. The Morgan fingerprint density at radius 3 is 1.74 bits per heavy atom. The maximum atomic E-state index is 12.1. The van der Waals surface area contributed by atoms with Crippen LogP contribution in [0.25, 0.3) is 0 Å². The number of ketones is 1. The summed E-state index contributed by atoms with van der Waals surface area (Å²) in [5.41, 5.74) is 1.77. The molecule has 31 heavy (non-hydrogen) atoms. The molecule has 1 aromatic carbocycles. The fourth-order valence-corrected chi connectivity index (χ4v) is 2.18. The first-order chi connectivity index (χ1) is 14.4. The van der Waals surface area contributed by atoms with E-state index < -0.39 is 4.92 Å². The van der Waals surface area contributed by atoms with Gasteiger partial charge < -0.3 is 0 Å². The lowest BCUT2D eigenvalue weighted by atomic mass is 9.96. The van der Waals surface area contributed by atoms with Crippen molar-refractivity contribution in [1.29, 1.82) is 0 Å². The average Bonchev–Trinajstić information content (AvgIpc) is 2.74. The Kier molecular flexibility index (Phi) is 21.1. The molecule has 0 bridgehead atoms. The third-order valence-corrected chi connectivity index (χ3v) is 4.61. The largest absolute Gasteiger partial charge is 0.294 e. The van der Waals surface area contributed by atoms with Crippen molar-refractivity contribution in [3.05, 3.63) is 68.7 Å². The maximum Gasteiger partial charge on any atom is 0.278 e. The summed E-state index contributed by atoms with van der Waals surface area (Å²) in [7, 11) is 0. The molecule has 0 saturated carbocycles. The number of hydrogen-bond donors (Lipinski definition) is 0. The van der Waals surface area contributed by atoms with Crippen molar-refractivity contribution in [2.75, 3.05) is 0 Å². The quantitative estimate of drug-likeness (QED) is 0.194. The molecule has 0 radical (unpaired) electrons. The molecule has 0 aromatic heterocycles. The normalized spacial score (nSPS) is 10.9. The van der Waals surface area contributed by atoms with Crippen LogP contribution in [0.3, 0.4) is 0 Å². The van der Waals surface area contributed by atoms with Gasteiger partial charge in [0.15, 0.2) is 5.78 Å². The first-order valence-corrected chi connectivity index (χ1v) is 11.2. The van der Waals surface area contributed by atoms with E-state index in [1.54, 1.807) is 39.8 Å². The van der Waals surface area contributed by atoms with Gasteiger partial charge in [0, 0.05) is 12.0 Å². The summed E-state index contributed by atoms with van der Waals surface area (Å²) in [6, 6.07) is 6.40. The third kappa shape index (κ3) is 16.1. The topological polar surface area (TPSA) is 60.2 Å². The van der Waals surface area contributed by atoms with E-state index >= 15 is 0 Å². The zero-order chi connectivity index (χ0) is 25.1. The first-order valence-electron chi connectivity index (χ1n) is 11.2. The van der Waals surface area contributed by atoms with E-state index in [0.29, 0.717) is 5.57 Å². The minimum atomic E-state index is -0.502. The van der Waals surface area contributed by atoms with Gasteiger partial charge in [-0.3, -0.25) is 14.9 Å². The van der Waals surface area contributed by atoms with Gasteiger partial charge in [0.05, 0.1) is 10.5 Å². The van der Waals surface area contributed by atoms with Crippen LogP contribution in [0.15, 0.2) is 47.2 Å². The zero-order valence-corrected chi connectivity index (χ0v) is 21.5. The lowest BCUT2D eigenvalue weighted by Gasteiger charge is -2.10. The summed E-state index contributed by atoms with van der Waals surface area (Å²) >= 11 is 0. The van der Waals surface area contributed by atoms with Gasteiger partial charge in [0.25, 0.3) is 5.70 Å². The van der Waals surface area contributed by atoms with Gasteiger partial charge >= 0.3 is 0 Å². The average molecular weight is 438 g/mol. The minimum Gasteiger partial charge on any atom is -0.294 e. The smallest absolute Gasteiger partial charge is 0.278 e. The van der Waals surface area contributed by atoms with Gasteiger partial charge in [-0.2, -0.15) is 0 Å². The van der Waals surface area contributed by atoms with Crippen molar-refractivity contribution in [3.8, 4) is 0 Å². The highest BCUT2D eigenvalue weighted by atomic mass is 19.1. The zero-order valence-electron chi connectivity index (χ0n) is 21.5. The third-order valence-electron chi connectivity index (χ3n) is 4.61. The number of allylic oxidation sites excluding steroid dienone is 3. The molecule has 0 heterocycles. The van der Waals surface area contributed by atoms with E-state index in [-0.39, 0.29) is 29.3 Å². The van der Waals surface area contributed by atoms with Crippen LogP contribution in [0.1, 0.15) is 87.6 Å². The monoisotopic (exact) mass is 437 g/mol. The summed E-state index contributed by atoms with van der Waals surface area (Å²) in [6.07, 6.45) is 3.10. The lowest BCUT2D eigenvalue weighted by Crippen LogP contribution is -2.11. The molecular weight excluding hydrogens is 393 g/mol. The number of aryl methyl sites for hydroxylation is 1. The Balaban J connectivity index is -0.000000391. The van der Waals surface area contributed by atoms with E-state index in [1.807, 2.05) is 20.8 Å². The van der Waals surface area contributed by atoms with Gasteiger partial charge in [-0.05, 0) is 51.7 Å². The highest BCUT2D eigenvalue weighted by Gasteiger charge is 2.23. The van der Waals surface area contributed by atoms with E-state index in [0.717, 1.165) is 17.4 Å². The van der Waals surface area contributed by atoms with Crippen molar-refractivity contribution in [2.45, 2.75) is 89.0 Å². The molecule has 0 amide bonds. The predicted octanol–water partition coefficient (Wildman–Crippen LogP) is 8.33. The molecule has 0 saturated heterocycles. The predicted molar refractivity (Wildman–Crippen MR) is 131 cm³/mol. The first kappa shape index (κ1) is 33.3. The number of carbonyl (C=O) groups excluding carboxylic acids is 1. The van der Waals surface area contributed by atoms with Crippen LogP contribution in [0, 0.1) is 34.7 Å². The second-order valence-electron chi connectivity index (χ2n) is 7.51. The molecule has 4 nitrogen and oxygen atoms in total. The molecule has 0 aliphatic carbocycles. The van der Waals surface area contributed by atoms with Crippen molar-refractivity contribution in [1.82, 2.24) is 0 Å². The number of halogens is 1. The van der Waals surface area contributed by atoms with Crippen molar-refractivity contribution in [2.24, 2.45) is 11.8 Å². The standard InChI is InChI=1S/C10H15NO3.C7H7F.C7H16.C2H6/c1-5-8(9(12)6-2)10(7(3)4)11(13)14;1-6-2-4-7(8)5-3-6;1-5-7(4)6(2)3;1-2/h5H,6H2,1-4H3;2-5H,1H3;6-7H,5H2,1-4H3;1-2H3/b8-5+;;;. The van der Waals surface area contributed by atoms with Crippen LogP contribution in [-0.4, -0.2) is 10.7 Å². The van der Waals surface area contributed by atoms with Crippen LogP contribution in [0.5, 0.6) is 0 Å². The van der Waals surface area contributed by atoms with E-state index in [1.165, 1.54) is 24.6 Å². The number of rotatable bonds is 6. The SMILES string of the molecule is C/C=C(\C(=O)CC)C(=C(C)C)[N+](=O)[O-].CC.CCC(C)C(C)C.Cc1ccc(F)cc1. The molecule has 1 aromatic rings. The summed E-state index contributed by atoms with van der Waals surface area (Å²) < 4.78 is 12.1. The Labute approximate surface area is 189 Å². The summed E-state index contributed by atoms with van der Waals surface area (Å²) in [5.74, 6) is 1.40. The summed E-state index contributed by atoms with van der Waals surface area (Å²) in [4.78, 5) is 21.6. The number of nitrogens with zero attached hydrogens (tertiary/aromatic N) is 1. The molecule has 1 atom stereocenters.